The van der Waals surface area contributed by atoms with E-state index in [1.54, 1.807) is 6.08 Å². The van der Waals surface area contributed by atoms with Gasteiger partial charge in [0.25, 0.3) is 5.91 Å². The second kappa shape index (κ2) is 14.1. The predicted octanol–water partition coefficient (Wildman–Crippen LogP) is 6.33. The molecule has 4 aromatic rings. The van der Waals surface area contributed by atoms with E-state index in [-0.39, 0.29) is 18.9 Å². The van der Waals surface area contributed by atoms with E-state index in [1.807, 2.05) is 110 Å². The van der Waals surface area contributed by atoms with E-state index in [0.29, 0.717) is 31.2 Å². The highest BCUT2D eigenvalue weighted by Crippen LogP contribution is 2.43. The van der Waals surface area contributed by atoms with Gasteiger partial charge < -0.3 is 24.8 Å². The van der Waals surface area contributed by atoms with Gasteiger partial charge in [0, 0.05) is 51.3 Å². The van der Waals surface area contributed by atoms with Crippen LogP contribution in [0, 0.1) is 0 Å². The molecule has 0 bridgehead atoms. The Labute approximate surface area is 259 Å². The third kappa shape index (κ3) is 6.84. The lowest BCUT2D eigenvalue weighted by atomic mass is 9.84. The average Bonchev–Trinajstić information content (AvgIpc) is 3.45. The van der Waals surface area contributed by atoms with Crippen molar-refractivity contribution >= 4 is 17.5 Å². The average molecular weight is 590 g/mol. The van der Waals surface area contributed by atoms with Crippen LogP contribution < -0.4 is 15.0 Å². The molecule has 2 atom stereocenters. The van der Waals surface area contributed by atoms with E-state index >= 15 is 0 Å². The van der Waals surface area contributed by atoms with Crippen molar-refractivity contribution in [3.63, 3.8) is 0 Å². The predicted molar refractivity (Wildman–Crippen MR) is 176 cm³/mol. The molecule has 0 saturated carbocycles. The summed E-state index contributed by atoms with van der Waals surface area (Å²) in [5.41, 5.74) is 4.59. The van der Waals surface area contributed by atoms with Crippen molar-refractivity contribution in [3.8, 4) is 16.9 Å². The Hall–Kier alpha value is -4.88. The van der Waals surface area contributed by atoms with Crippen LogP contribution in [-0.2, 0) is 16.1 Å². The standard InChI is InChI=1S/C37H39N3O4/c1-4-23-37(36(42)38-26-27-11-19-32(20-12-27)40(2)3)34(30-15-13-29(14-16-30)28-9-6-5-7-10-28)44-35(39-37)31-17-21-33(22-18-31)43-25-8-24-41/h4-7,9-22,34,41H,1,8,23-26H2,2-3H3,(H,38,42)/t34-,37-/m1/s1. The number of nitrogens with zero attached hydrogens (tertiary/aromatic N) is 2. The normalized spacial score (nSPS) is 17.3. The topological polar surface area (TPSA) is 83.4 Å². The van der Waals surface area contributed by atoms with Gasteiger partial charge in [-0.2, -0.15) is 0 Å². The zero-order chi connectivity index (χ0) is 30.9. The van der Waals surface area contributed by atoms with Crippen molar-refractivity contribution in [1.82, 2.24) is 5.32 Å². The van der Waals surface area contributed by atoms with Crippen molar-refractivity contribution in [2.24, 2.45) is 4.99 Å². The van der Waals surface area contributed by atoms with Crippen LogP contribution in [0.15, 0.2) is 121 Å². The number of aliphatic imine (C=N–C) groups is 1. The van der Waals surface area contributed by atoms with Crippen LogP contribution in [-0.4, -0.2) is 49.8 Å². The molecule has 0 aliphatic carbocycles. The molecule has 0 fully saturated rings. The van der Waals surface area contributed by atoms with Gasteiger partial charge in [-0.3, -0.25) is 4.79 Å². The zero-order valence-electron chi connectivity index (χ0n) is 25.3. The van der Waals surface area contributed by atoms with Gasteiger partial charge in [0.05, 0.1) is 6.61 Å². The lowest BCUT2D eigenvalue weighted by Gasteiger charge is -2.30. The molecule has 5 rings (SSSR count). The minimum Gasteiger partial charge on any atom is -0.494 e. The maximum Gasteiger partial charge on any atom is 0.252 e. The summed E-state index contributed by atoms with van der Waals surface area (Å²) in [7, 11) is 3.99. The summed E-state index contributed by atoms with van der Waals surface area (Å²) in [6, 6.07) is 33.8. The summed E-state index contributed by atoms with van der Waals surface area (Å²) in [5.74, 6) is 0.839. The van der Waals surface area contributed by atoms with Gasteiger partial charge in [-0.05, 0) is 58.7 Å². The molecule has 4 aromatic carbocycles. The molecule has 1 amide bonds. The van der Waals surface area contributed by atoms with Gasteiger partial charge in [-0.25, -0.2) is 4.99 Å². The lowest BCUT2D eigenvalue weighted by Crippen LogP contribution is -2.47. The van der Waals surface area contributed by atoms with Crippen LogP contribution >= 0.6 is 0 Å². The fraction of sp³-hybridized carbons (Fsp3) is 0.243. The number of benzene rings is 4. The van der Waals surface area contributed by atoms with Crippen molar-refractivity contribution < 1.29 is 19.4 Å². The maximum atomic E-state index is 14.2. The molecule has 0 radical (unpaired) electrons. The van der Waals surface area contributed by atoms with Crippen molar-refractivity contribution in [2.45, 2.75) is 31.0 Å². The van der Waals surface area contributed by atoms with Crippen LogP contribution in [0.25, 0.3) is 11.1 Å². The van der Waals surface area contributed by atoms with Crippen LogP contribution in [0.1, 0.15) is 35.6 Å². The quantitative estimate of drug-likeness (QED) is 0.141. The Balaban J connectivity index is 1.46. The van der Waals surface area contributed by atoms with Gasteiger partial charge in [-0.1, -0.05) is 72.8 Å². The number of anilines is 1. The first-order valence-corrected chi connectivity index (χ1v) is 14.8. The van der Waals surface area contributed by atoms with E-state index in [4.69, 9.17) is 19.6 Å². The first-order valence-electron chi connectivity index (χ1n) is 14.8. The zero-order valence-corrected chi connectivity index (χ0v) is 25.3. The molecule has 0 aromatic heterocycles. The molecule has 1 heterocycles. The first-order chi connectivity index (χ1) is 21.4. The second-order valence-electron chi connectivity index (χ2n) is 11.0. The lowest BCUT2D eigenvalue weighted by molar-refractivity contribution is -0.129. The molecule has 0 spiro atoms. The van der Waals surface area contributed by atoms with Crippen molar-refractivity contribution in [3.05, 3.63) is 132 Å². The smallest absolute Gasteiger partial charge is 0.252 e. The molecular formula is C37H39N3O4. The fourth-order valence-corrected chi connectivity index (χ4v) is 5.26. The molecule has 1 aliphatic rings. The number of carbonyl (C=O) groups is 1. The van der Waals surface area contributed by atoms with E-state index in [2.05, 4.69) is 24.0 Å². The third-order valence-electron chi connectivity index (χ3n) is 7.71. The molecule has 1 aliphatic heterocycles. The third-order valence-corrected chi connectivity index (χ3v) is 7.71. The summed E-state index contributed by atoms with van der Waals surface area (Å²) < 4.78 is 12.3. The Morgan fingerprint density at radius 2 is 1.61 bits per heavy atom. The number of rotatable bonds is 13. The minimum atomic E-state index is -1.26. The molecule has 7 nitrogen and oxygen atoms in total. The highest BCUT2D eigenvalue weighted by atomic mass is 16.5. The highest BCUT2D eigenvalue weighted by molar-refractivity contribution is 6.01. The molecule has 2 N–H and O–H groups in total. The van der Waals surface area contributed by atoms with Gasteiger partial charge in [0.15, 0.2) is 11.6 Å². The van der Waals surface area contributed by atoms with Crippen molar-refractivity contribution in [1.29, 1.82) is 0 Å². The van der Waals surface area contributed by atoms with Crippen LogP contribution in [0.4, 0.5) is 5.69 Å². The van der Waals surface area contributed by atoms with E-state index in [0.717, 1.165) is 33.5 Å². The number of ether oxygens (including phenoxy) is 2. The highest BCUT2D eigenvalue weighted by Gasteiger charge is 2.52. The number of hydrogen-bond donors (Lipinski definition) is 2. The van der Waals surface area contributed by atoms with Gasteiger partial charge >= 0.3 is 0 Å². The molecular weight excluding hydrogens is 550 g/mol. The minimum absolute atomic E-state index is 0.0747. The summed E-state index contributed by atoms with van der Waals surface area (Å²) in [4.78, 5) is 21.2. The fourth-order valence-electron chi connectivity index (χ4n) is 5.26. The second-order valence-corrected chi connectivity index (χ2v) is 11.0. The van der Waals surface area contributed by atoms with Crippen LogP contribution in [0.3, 0.4) is 0 Å². The van der Waals surface area contributed by atoms with Crippen LogP contribution in [0.2, 0.25) is 0 Å². The summed E-state index contributed by atoms with van der Waals surface area (Å²) >= 11 is 0. The number of amides is 1. The molecule has 226 valence electrons. The van der Waals surface area contributed by atoms with Gasteiger partial charge in [0.1, 0.15) is 5.75 Å². The number of aliphatic hydroxyl groups is 1. The Morgan fingerprint density at radius 3 is 2.25 bits per heavy atom. The summed E-state index contributed by atoms with van der Waals surface area (Å²) in [6.07, 6.45) is 1.90. The van der Waals surface area contributed by atoms with E-state index < -0.39 is 11.6 Å². The van der Waals surface area contributed by atoms with Gasteiger partial charge in [-0.15, -0.1) is 6.58 Å². The SMILES string of the molecule is C=CC[C@@]1(C(=O)NCc2ccc(N(C)C)cc2)N=C(c2ccc(OCCCO)cc2)O[C@@H]1c1ccc(-c2ccccc2)cc1. The maximum absolute atomic E-state index is 14.2. The number of carbonyl (C=O) groups excluding carboxylic acids is 1. The number of hydrogen-bond acceptors (Lipinski definition) is 6. The Bertz CT molecular complexity index is 1570. The molecule has 0 unspecified atom stereocenters. The monoisotopic (exact) mass is 589 g/mol. The Kier molecular flexibility index (Phi) is 9.77. The summed E-state index contributed by atoms with van der Waals surface area (Å²) in [6.45, 7) is 4.84. The molecule has 7 heteroatoms. The molecule has 44 heavy (non-hydrogen) atoms. The van der Waals surface area contributed by atoms with Gasteiger partial charge in [0.2, 0.25) is 5.90 Å². The molecule has 0 saturated heterocycles. The van der Waals surface area contributed by atoms with Crippen molar-refractivity contribution in [2.75, 3.05) is 32.2 Å². The summed E-state index contributed by atoms with van der Waals surface area (Å²) in [5, 5.41) is 12.2. The van der Waals surface area contributed by atoms with E-state index in [1.165, 1.54) is 0 Å². The van der Waals surface area contributed by atoms with Crippen LogP contribution in [0.5, 0.6) is 5.75 Å². The number of aliphatic hydroxyl groups excluding tert-OH is 1. The Morgan fingerprint density at radius 1 is 0.955 bits per heavy atom. The van der Waals surface area contributed by atoms with E-state index in [9.17, 15) is 4.79 Å². The first kappa shape index (κ1) is 30.6. The largest absolute Gasteiger partial charge is 0.494 e. The number of nitrogens with one attached hydrogen (secondary N) is 1.